The first-order valence-electron chi connectivity index (χ1n) is 10.6. The maximum absolute atomic E-state index is 12.7. The third kappa shape index (κ3) is 5.01. The lowest BCUT2D eigenvalue weighted by molar-refractivity contribution is -0.121. The molecule has 1 aromatic rings. The summed E-state index contributed by atoms with van der Waals surface area (Å²) in [6.07, 6.45) is 2.11. The van der Waals surface area contributed by atoms with Crippen molar-refractivity contribution in [3.63, 3.8) is 0 Å². The average molecular weight is 437 g/mol. The third-order valence-electron chi connectivity index (χ3n) is 5.97. The van der Waals surface area contributed by atoms with Gasteiger partial charge in [-0.3, -0.25) is 9.69 Å². The number of nitrogens with zero attached hydrogens (tertiary/aromatic N) is 3. The van der Waals surface area contributed by atoms with Crippen LogP contribution in [0.25, 0.3) is 0 Å². The molecule has 0 radical (unpaired) electrons. The SMILES string of the molecule is CCC(CC)C(CNC(=O)CN(C)C1=NS(=O)(=O)c2ccccc21)N1CCOCC1. The molecule has 2 heterocycles. The molecule has 30 heavy (non-hydrogen) atoms. The van der Waals surface area contributed by atoms with E-state index in [1.54, 1.807) is 30.1 Å². The van der Waals surface area contributed by atoms with E-state index in [2.05, 4.69) is 28.5 Å². The molecule has 0 aromatic heterocycles. The number of rotatable bonds is 8. The standard InChI is InChI=1S/C21H32N4O4S/c1-4-16(5-2)18(25-10-12-29-13-11-25)14-22-20(26)15-24(3)21-17-8-6-7-9-19(17)30(27,28)23-21/h6-9,16,18H,4-5,10-15H2,1-3H3,(H,22,26). The van der Waals surface area contributed by atoms with Gasteiger partial charge in [0.25, 0.3) is 10.0 Å². The maximum atomic E-state index is 12.7. The Morgan fingerprint density at radius 1 is 1.23 bits per heavy atom. The number of hydrogen-bond donors (Lipinski definition) is 1. The van der Waals surface area contributed by atoms with Crippen LogP contribution in [0.5, 0.6) is 0 Å². The van der Waals surface area contributed by atoms with E-state index >= 15 is 0 Å². The van der Waals surface area contributed by atoms with Crippen LogP contribution >= 0.6 is 0 Å². The number of benzene rings is 1. The monoisotopic (exact) mass is 436 g/mol. The lowest BCUT2D eigenvalue weighted by Gasteiger charge is -2.39. The van der Waals surface area contributed by atoms with Gasteiger partial charge < -0.3 is 15.0 Å². The summed E-state index contributed by atoms with van der Waals surface area (Å²) in [5, 5.41) is 3.06. The average Bonchev–Trinajstić information content (AvgIpc) is 3.03. The number of likely N-dealkylation sites (N-methyl/N-ethyl adjacent to an activating group) is 1. The number of sulfonamides is 1. The molecule has 0 spiro atoms. The Hall–Kier alpha value is -1.97. The van der Waals surface area contributed by atoms with Gasteiger partial charge in [0.1, 0.15) is 4.90 Å². The van der Waals surface area contributed by atoms with Crippen LogP contribution in [0, 0.1) is 5.92 Å². The van der Waals surface area contributed by atoms with Gasteiger partial charge in [0.05, 0.1) is 19.8 Å². The van der Waals surface area contributed by atoms with Crippen molar-refractivity contribution >= 4 is 21.8 Å². The van der Waals surface area contributed by atoms with Crippen LogP contribution in [-0.4, -0.2) is 82.4 Å². The third-order valence-corrected chi connectivity index (χ3v) is 7.30. The Labute approximate surface area is 179 Å². The molecule has 3 rings (SSSR count). The molecular formula is C21H32N4O4S. The van der Waals surface area contributed by atoms with E-state index in [0.29, 0.717) is 23.9 Å². The van der Waals surface area contributed by atoms with Gasteiger partial charge in [-0.05, 0) is 18.1 Å². The summed E-state index contributed by atoms with van der Waals surface area (Å²) in [5.74, 6) is 0.661. The number of nitrogens with one attached hydrogen (secondary N) is 1. The fraction of sp³-hybridized carbons (Fsp3) is 0.619. The second kappa shape index (κ2) is 9.89. The largest absolute Gasteiger partial charge is 0.379 e. The first kappa shape index (κ1) is 22.7. The molecule has 8 nitrogen and oxygen atoms in total. The fourth-order valence-electron chi connectivity index (χ4n) is 4.26. The second-order valence-corrected chi connectivity index (χ2v) is 9.41. The minimum Gasteiger partial charge on any atom is -0.379 e. The quantitative estimate of drug-likeness (QED) is 0.661. The highest BCUT2D eigenvalue weighted by Gasteiger charge is 2.31. The number of amidine groups is 1. The van der Waals surface area contributed by atoms with Crippen molar-refractivity contribution in [3.8, 4) is 0 Å². The lowest BCUT2D eigenvalue weighted by Crippen LogP contribution is -2.52. The summed E-state index contributed by atoms with van der Waals surface area (Å²) in [6, 6.07) is 6.96. The van der Waals surface area contributed by atoms with Gasteiger partial charge in [-0.2, -0.15) is 8.42 Å². The first-order valence-corrected chi connectivity index (χ1v) is 12.0. The highest BCUT2D eigenvalue weighted by Crippen LogP contribution is 2.26. The first-order chi connectivity index (χ1) is 14.4. The zero-order valence-electron chi connectivity index (χ0n) is 18.0. The Balaban J connectivity index is 1.63. The summed E-state index contributed by atoms with van der Waals surface area (Å²) >= 11 is 0. The molecule has 1 atom stereocenters. The molecule has 1 N–H and O–H groups in total. The van der Waals surface area contributed by atoms with Gasteiger partial charge in [-0.15, -0.1) is 4.40 Å². The highest BCUT2D eigenvalue weighted by molar-refractivity contribution is 7.90. The number of hydrogen-bond acceptors (Lipinski definition) is 6. The van der Waals surface area contributed by atoms with Gasteiger partial charge >= 0.3 is 0 Å². The van der Waals surface area contributed by atoms with Crippen molar-refractivity contribution in [1.82, 2.24) is 15.1 Å². The second-order valence-electron chi connectivity index (χ2n) is 7.84. The smallest absolute Gasteiger partial charge is 0.285 e. The molecule has 0 bridgehead atoms. The molecule has 1 amide bonds. The predicted molar refractivity (Wildman–Crippen MR) is 116 cm³/mol. The number of morpholine rings is 1. The summed E-state index contributed by atoms with van der Waals surface area (Å²) in [6.45, 7) is 8.19. The molecule has 2 aliphatic heterocycles. The molecule has 2 aliphatic rings. The molecule has 9 heteroatoms. The number of fused-ring (bicyclic) bond motifs is 1. The van der Waals surface area contributed by atoms with E-state index in [-0.39, 0.29) is 23.4 Å². The van der Waals surface area contributed by atoms with Gasteiger partial charge in [-0.25, -0.2) is 0 Å². The molecule has 1 saturated heterocycles. The Morgan fingerprint density at radius 3 is 2.57 bits per heavy atom. The molecular weight excluding hydrogens is 404 g/mol. The molecule has 1 fully saturated rings. The van der Waals surface area contributed by atoms with Crippen molar-refractivity contribution in [1.29, 1.82) is 0 Å². The zero-order valence-corrected chi connectivity index (χ0v) is 18.8. The Morgan fingerprint density at radius 2 is 1.90 bits per heavy atom. The normalized spacial score (nSPS) is 19.3. The molecule has 1 aromatic carbocycles. The maximum Gasteiger partial charge on any atom is 0.285 e. The van der Waals surface area contributed by atoms with Gasteiger partial charge in [0.2, 0.25) is 5.91 Å². The van der Waals surface area contributed by atoms with Crippen LogP contribution in [0.15, 0.2) is 33.6 Å². The van der Waals surface area contributed by atoms with Gasteiger partial charge in [0.15, 0.2) is 5.84 Å². The van der Waals surface area contributed by atoms with E-state index in [1.807, 2.05) is 0 Å². The van der Waals surface area contributed by atoms with E-state index in [9.17, 15) is 13.2 Å². The van der Waals surface area contributed by atoms with Gasteiger partial charge in [0, 0.05) is 38.3 Å². The van der Waals surface area contributed by atoms with Crippen LogP contribution in [0.3, 0.4) is 0 Å². The van der Waals surface area contributed by atoms with Crippen LogP contribution in [-0.2, 0) is 19.6 Å². The minimum absolute atomic E-state index is 0.0431. The van der Waals surface area contributed by atoms with Crippen LogP contribution < -0.4 is 5.32 Å². The van der Waals surface area contributed by atoms with Gasteiger partial charge in [-0.1, -0.05) is 38.8 Å². The molecule has 0 saturated carbocycles. The molecule has 1 unspecified atom stereocenters. The minimum atomic E-state index is -3.70. The highest BCUT2D eigenvalue weighted by atomic mass is 32.2. The van der Waals surface area contributed by atoms with Crippen molar-refractivity contribution in [2.24, 2.45) is 10.3 Å². The number of amides is 1. The topological polar surface area (TPSA) is 91.3 Å². The fourth-order valence-corrected chi connectivity index (χ4v) is 5.52. The predicted octanol–water partition coefficient (Wildman–Crippen LogP) is 1.32. The Kier molecular flexibility index (Phi) is 7.49. The molecule has 0 aliphatic carbocycles. The Bertz CT molecular complexity index is 877. The van der Waals surface area contributed by atoms with Crippen LogP contribution in [0.1, 0.15) is 32.3 Å². The lowest BCUT2D eigenvalue weighted by atomic mass is 9.92. The van der Waals surface area contributed by atoms with E-state index in [4.69, 9.17) is 4.74 Å². The summed E-state index contributed by atoms with van der Waals surface area (Å²) in [5.41, 5.74) is 0.538. The summed E-state index contributed by atoms with van der Waals surface area (Å²) < 4.78 is 33.9. The van der Waals surface area contributed by atoms with E-state index in [1.165, 1.54) is 6.07 Å². The number of carbonyl (C=O) groups excluding carboxylic acids is 1. The van der Waals surface area contributed by atoms with Crippen LogP contribution in [0.2, 0.25) is 0 Å². The van der Waals surface area contributed by atoms with Crippen LogP contribution in [0.4, 0.5) is 0 Å². The van der Waals surface area contributed by atoms with Crippen molar-refractivity contribution in [2.75, 3.05) is 46.4 Å². The summed E-state index contributed by atoms with van der Waals surface area (Å²) in [7, 11) is -2.01. The van der Waals surface area contributed by atoms with E-state index in [0.717, 1.165) is 39.1 Å². The molecule has 166 valence electrons. The van der Waals surface area contributed by atoms with Crippen molar-refractivity contribution in [2.45, 2.75) is 37.6 Å². The van der Waals surface area contributed by atoms with E-state index < -0.39 is 10.0 Å². The van der Waals surface area contributed by atoms with Crippen molar-refractivity contribution < 1.29 is 17.9 Å². The summed E-state index contributed by atoms with van der Waals surface area (Å²) in [4.78, 5) is 16.9. The number of carbonyl (C=O) groups is 1. The number of ether oxygens (including phenoxy) is 1. The van der Waals surface area contributed by atoms with Crippen molar-refractivity contribution in [3.05, 3.63) is 29.8 Å². The zero-order chi connectivity index (χ0) is 21.7.